The van der Waals surface area contributed by atoms with Crippen LogP contribution in [0.3, 0.4) is 0 Å². The van der Waals surface area contributed by atoms with Gasteiger partial charge in [-0.25, -0.2) is 9.18 Å². The number of hydrogen-bond donors (Lipinski definition) is 5. The number of ether oxygens (including phenoxy) is 1. The largest absolute Gasteiger partial charge is 0.492 e. The summed E-state index contributed by atoms with van der Waals surface area (Å²) in [7, 11) is 0. The van der Waals surface area contributed by atoms with Crippen LogP contribution in [0.4, 0.5) is 4.39 Å². The minimum Gasteiger partial charge on any atom is -0.492 e. The summed E-state index contributed by atoms with van der Waals surface area (Å²) in [5, 5.41) is 21.1. The molecule has 3 aliphatic heterocycles. The van der Waals surface area contributed by atoms with Gasteiger partial charge in [-0.1, -0.05) is 48.5 Å². The second kappa shape index (κ2) is 18.9. The van der Waals surface area contributed by atoms with E-state index in [0.29, 0.717) is 54.8 Å². The number of rotatable bonds is 8. The molecule has 4 atom stereocenters. The molecular weight excluding hydrogens is 735 g/mol. The number of aryl methyl sites for hydroxylation is 1. The predicted molar refractivity (Wildman–Crippen MR) is 207 cm³/mol. The summed E-state index contributed by atoms with van der Waals surface area (Å²) in [5.74, 6) is -3.46. The number of nitrogens with one attached hydrogen (secondary N) is 4. The lowest BCUT2D eigenvalue weighted by atomic mass is 9.98. The highest BCUT2D eigenvalue weighted by Gasteiger charge is 2.43. The first-order valence-electron chi connectivity index (χ1n) is 19.4. The second-order valence-corrected chi connectivity index (χ2v) is 14.9. The molecule has 15 heteroatoms. The van der Waals surface area contributed by atoms with Gasteiger partial charge in [0.2, 0.25) is 23.6 Å². The number of benzene rings is 3. The third-order valence-corrected chi connectivity index (χ3v) is 10.7. The van der Waals surface area contributed by atoms with Crippen LogP contribution in [0.2, 0.25) is 0 Å². The minimum atomic E-state index is -1.41. The topological polar surface area (TPSA) is 186 Å². The molecule has 3 aliphatic rings. The van der Waals surface area contributed by atoms with Gasteiger partial charge in [0, 0.05) is 49.8 Å². The van der Waals surface area contributed by atoms with E-state index in [4.69, 9.17) is 4.74 Å². The molecule has 0 aliphatic carbocycles. The van der Waals surface area contributed by atoms with Crippen molar-refractivity contribution in [2.45, 2.75) is 82.6 Å². The molecule has 0 radical (unpaired) electrons. The van der Waals surface area contributed by atoms with Gasteiger partial charge in [-0.2, -0.15) is 0 Å². The van der Waals surface area contributed by atoms with E-state index in [1.807, 2.05) is 29.2 Å². The first kappa shape index (κ1) is 40.8. The molecule has 3 aromatic carbocycles. The number of carboxylic acids is 1. The monoisotopic (exact) mass is 784 g/mol. The van der Waals surface area contributed by atoms with Gasteiger partial charge in [-0.15, -0.1) is 0 Å². The molecule has 3 aromatic rings. The van der Waals surface area contributed by atoms with Crippen molar-refractivity contribution in [3.05, 3.63) is 100 Å². The van der Waals surface area contributed by atoms with Crippen LogP contribution in [0.1, 0.15) is 71.1 Å². The standard InChI is InChI=1S/C42H49FN6O8/c1-26-13-14-27(21-32(26)43)20-28-8-2-4-10-31(28)39(52)45-30-22-35-40(53)47-34(42(55)56)15-16-37(50)44-17-7-6-11-33(41(54)49(35)24-30)46-38(51)25-48-18-19-57-36-12-5-3-9-29(36)23-48/h2-5,8-10,12-14,21,30,33-35H,6-7,11,15-20,22-25H2,1H3,(H,44,50)(H,45,52)(H,46,51)(H,47,53)(H,55,56)/t30-,33+,34+,35+/m1/s1. The summed E-state index contributed by atoms with van der Waals surface area (Å²) in [5.41, 5.74) is 3.11. The van der Waals surface area contributed by atoms with Crippen LogP contribution in [-0.4, -0.2) is 107 Å². The number of carboxylic acid groups (broad SMARTS) is 1. The van der Waals surface area contributed by atoms with Gasteiger partial charge in [-0.05, 0) is 80.3 Å². The van der Waals surface area contributed by atoms with Gasteiger partial charge in [0.05, 0.1) is 6.54 Å². The number of para-hydroxylation sites is 1. The fraction of sp³-hybridized carbons (Fsp3) is 0.429. The van der Waals surface area contributed by atoms with Crippen molar-refractivity contribution in [1.82, 2.24) is 31.1 Å². The maximum Gasteiger partial charge on any atom is 0.326 e. The van der Waals surface area contributed by atoms with E-state index in [-0.39, 0.29) is 63.5 Å². The maximum absolute atomic E-state index is 14.5. The van der Waals surface area contributed by atoms with Crippen LogP contribution in [0.5, 0.6) is 5.75 Å². The molecule has 302 valence electrons. The third-order valence-electron chi connectivity index (χ3n) is 10.7. The molecular formula is C42H49FN6O8. The van der Waals surface area contributed by atoms with Crippen molar-refractivity contribution in [3.8, 4) is 5.75 Å². The SMILES string of the molecule is Cc1ccc(Cc2ccccc2C(=O)N[C@@H]2C[C@H]3C(=O)N[C@H](C(=O)O)CCC(=O)NCCCC[C@H](NC(=O)CN4CCOc5ccccc5C4)C(=O)N3C2)cc1F. The number of halogens is 1. The maximum atomic E-state index is 14.5. The first-order chi connectivity index (χ1) is 27.4. The molecule has 0 bridgehead atoms. The Labute approximate surface area is 330 Å². The third kappa shape index (κ3) is 10.7. The fourth-order valence-corrected chi connectivity index (χ4v) is 7.56. The molecule has 0 spiro atoms. The van der Waals surface area contributed by atoms with E-state index < -0.39 is 53.8 Å². The van der Waals surface area contributed by atoms with E-state index in [1.54, 1.807) is 43.3 Å². The van der Waals surface area contributed by atoms with Crippen molar-refractivity contribution in [2.75, 3.05) is 32.8 Å². The Bertz CT molecular complexity index is 1990. The highest BCUT2D eigenvalue weighted by molar-refractivity contribution is 5.97. The minimum absolute atomic E-state index is 0.0188. The molecule has 5 amide bonds. The van der Waals surface area contributed by atoms with Crippen molar-refractivity contribution in [2.24, 2.45) is 0 Å². The van der Waals surface area contributed by atoms with Crippen molar-refractivity contribution >= 4 is 35.5 Å². The van der Waals surface area contributed by atoms with Gasteiger partial charge in [0.1, 0.15) is 36.3 Å². The van der Waals surface area contributed by atoms with E-state index in [9.17, 15) is 38.3 Å². The molecule has 3 heterocycles. The van der Waals surface area contributed by atoms with E-state index >= 15 is 0 Å². The smallest absolute Gasteiger partial charge is 0.326 e. The summed E-state index contributed by atoms with van der Waals surface area (Å²) >= 11 is 0. The number of carbonyl (C=O) groups excluding carboxylic acids is 5. The Balaban J connectivity index is 1.22. The lowest BCUT2D eigenvalue weighted by Crippen LogP contribution is -2.56. The first-order valence-corrected chi connectivity index (χ1v) is 19.4. The van der Waals surface area contributed by atoms with Crippen LogP contribution in [0, 0.1) is 12.7 Å². The van der Waals surface area contributed by atoms with Crippen LogP contribution >= 0.6 is 0 Å². The highest BCUT2D eigenvalue weighted by atomic mass is 19.1. The number of fused-ring (bicyclic) bond motifs is 2. The zero-order chi connectivity index (χ0) is 40.5. The molecule has 0 aromatic heterocycles. The molecule has 6 rings (SSSR count). The summed E-state index contributed by atoms with van der Waals surface area (Å²) in [6, 6.07) is 15.0. The van der Waals surface area contributed by atoms with Gasteiger partial charge >= 0.3 is 5.97 Å². The molecule has 14 nitrogen and oxygen atoms in total. The lowest BCUT2D eigenvalue weighted by Gasteiger charge is -2.30. The number of nitrogens with zero attached hydrogens (tertiary/aromatic N) is 2. The van der Waals surface area contributed by atoms with Gasteiger partial charge < -0.3 is 36.0 Å². The Morgan fingerprint density at radius 1 is 0.982 bits per heavy atom. The van der Waals surface area contributed by atoms with Crippen molar-refractivity contribution in [3.63, 3.8) is 0 Å². The number of aliphatic carboxylic acids is 1. The van der Waals surface area contributed by atoms with Crippen LogP contribution in [0.15, 0.2) is 66.7 Å². The summed E-state index contributed by atoms with van der Waals surface area (Å²) in [6.45, 7) is 3.17. The number of hydrogen-bond acceptors (Lipinski definition) is 8. The highest BCUT2D eigenvalue weighted by Crippen LogP contribution is 2.25. The Morgan fingerprint density at radius 3 is 2.58 bits per heavy atom. The summed E-state index contributed by atoms with van der Waals surface area (Å²) in [4.78, 5) is 83.8. The Hall–Kier alpha value is -5.83. The zero-order valence-electron chi connectivity index (χ0n) is 31.9. The average Bonchev–Trinajstić information content (AvgIpc) is 3.49. The van der Waals surface area contributed by atoms with Gasteiger partial charge in [-0.3, -0.25) is 28.9 Å². The number of carbonyl (C=O) groups is 6. The molecule has 2 saturated heterocycles. The van der Waals surface area contributed by atoms with Gasteiger partial charge in [0.25, 0.3) is 5.91 Å². The normalized spacial score (nSPS) is 22.3. The lowest BCUT2D eigenvalue weighted by molar-refractivity contribution is -0.145. The molecule has 2 fully saturated rings. The van der Waals surface area contributed by atoms with Crippen molar-refractivity contribution in [1.29, 1.82) is 0 Å². The van der Waals surface area contributed by atoms with E-state index in [0.717, 1.165) is 11.3 Å². The Morgan fingerprint density at radius 2 is 1.77 bits per heavy atom. The summed E-state index contributed by atoms with van der Waals surface area (Å²) < 4.78 is 20.2. The second-order valence-electron chi connectivity index (χ2n) is 14.9. The fourth-order valence-electron chi connectivity index (χ4n) is 7.56. The predicted octanol–water partition coefficient (Wildman–Crippen LogP) is 2.45. The zero-order valence-corrected chi connectivity index (χ0v) is 31.9. The van der Waals surface area contributed by atoms with Gasteiger partial charge in [0.15, 0.2) is 0 Å². The Kier molecular flexibility index (Phi) is 13.5. The van der Waals surface area contributed by atoms with Crippen LogP contribution < -0.4 is 26.0 Å². The molecule has 5 N–H and O–H groups in total. The van der Waals surface area contributed by atoms with Crippen LogP contribution in [-0.2, 0) is 36.9 Å². The van der Waals surface area contributed by atoms with E-state index in [1.165, 1.54) is 11.0 Å². The summed E-state index contributed by atoms with van der Waals surface area (Å²) in [6.07, 6.45) is 1.10. The number of amides is 5. The van der Waals surface area contributed by atoms with Crippen LogP contribution in [0.25, 0.3) is 0 Å². The molecule has 0 unspecified atom stereocenters. The van der Waals surface area contributed by atoms with Crippen molar-refractivity contribution < 1.29 is 43.0 Å². The molecule has 0 saturated carbocycles. The van der Waals surface area contributed by atoms with E-state index in [2.05, 4.69) is 21.3 Å². The molecule has 57 heavy (non-hydrogen) atoms. The quantitative estimate of drug-likeness (QED) is 0.229. The average molecular weight is 785 g/mol.